The van der Waals surface area contributed by atoms with Crippen LogP contribution in [0.15, 0.2) is 51.7 Å². The number of fused-ring (bicyclic) bond motifs is 2. The van der Waals surface area contributed by atoms with Crippen molar-refractivity contribution in [3.05, 3.63) is 80.2 Å². The third-order valence-corrected chi connectivity index (χ3v) is 7.21. The van der Waals surface area contributed by atoms with Gasteiger partial charge in [0.25, 0.3) is 5.91 Å². The van der Waals surface area contributed by atoms with Crippen molar-refractivity contribution < 1.29 is 18.8 Å². The fraction of sp³-hybridized carbons (Fsp3) is 0.407. The van der Waals surface area contributed by atoms with E-state index in [1.165, 1.54) is 10.5 Å². The normalized spacial score (nSPS) is 18.8. The van der Waals surface area contributed by atoms with Crippen molar-refractivity contribution in [1.82, 2.24) is 4.90 Å². The van der Waals surface area contributed by atoms with Gasteiger partial charge in [-0.1, -0.05) is 49.7 Å². The highest BCUT2D eigenvalue weighted by molar-refractivity contribution is 6.31. The number of hydrogen-bond donors (Lipinski definition) is 1. The molecule has 1 fully saturated rings. The predicted octanol–water partition coefficient (Wildman–Crippen LogP) is 3.42. The fourth-order valence-corrected chi connectivity index (χ4v) is 5.21. The molecule has 1 N–H and O–H groups in total. The highest BCUT2D eigenvalue weighted by Gasteiger charge is 2.42. The molecular formula is C27H30ClN2O4+. The number of hydrogen-bond acceptors (Lipinski definition) is 4. The van der Waals surface area contributed by atoms with Crippen molar-refractivity contribution in [3.63, 3.8) is 0 Å². The van der Waals surface area contributed by atoms with Gasteiger partial charge >= 0.3 is 0 Å². The molecule has 34 heavy (non-hydrogen) atoms. The van der Waals surface area contributed by atoms with Crippen LogP contribution in [-0.4, -0.2) is 50.2 Å². The van der Waals surface area contributed by atoms with E-state index in [-0.39, 0.29) is 17.1 Å². The number of quaternary nitrogens is 1. The van der Waals surface area contributed by atoms with Gasteiger partial charge in [-0.25, -0.2) is 0 Å². The van der Waals surface area contributed by atoms with Crippen LogP contribution in [0.2, 0.25) is 5.02 Å². The molecule has 5 rings (SSSR count). The maximum absolute atomic E-state index is 13.6. The second-order valence-corrected chi connectivity index (χ2v) is 9.94. The quantitative estimate of drug-likeness (QED) is 0.586. The van der Waals surface area contributed by atoms with E-state index in [9.17, 15) is 9.59 Å². The molecule has 0 aliphatic carbocycles. The van der Waals surface area contributed by atoms with E-state index in [2.05, 4.69) is 26.0 Å². The third kappa shape index (κ3) is 4.26. The molecule has 0 saturated carbocycles. The second-order valence-electron chi connectivity index (χ2n) is 9.50. The number of ether oxygens (including phenoxy) is 1. The molecule has 1 saturated heterocycles. The topological polar surface area (TPSA) is 64.2 Å². The SMILES string of the molecule is CC(C)c1ccc([C@@H]2c3c(oc4ccc(Cl)cc4c3=O)C(=O)N2CCC[NH+]2CCOCC2)cc1. The van der Waals surface area contributed by atoms with Crippen molar-refractivity contribution >= 4 is 28.5 Å². The lowest BCUT2D eigenvalue weighted by Crippen LogP contribution is -3.14. The van der Waals surface area contributed by atoms with E-state index in [0.717, 1.165) is 44.8 Å². The molecule has 2 aliphatic rings. The molecule has 1 amide bonds. The maximum atomic E-state index is 13.6. The Labute approximate surface area is 204 Å². The van der Waals surface area contributed by atoms with Gasteiger partial charge in [0.15, 0.2) is 5.43 Å². The molecule has 1 aromatic heterocycles. The largest absolute Gasteiger partial charge is 0.450 e. The van der Waals surface area contributed by atoms with Crippen LogP contribution >= 0.6 is 11.6 Å². The summed E-state index contributed by atoms with van der Waals surface area (Å²) in [6.07, 6.45) is 0.842. The number of nitrogens with one attached hydrogen (secondary N) is 1. The first-order chi connectivity index (χ1) is 16.4. The second kappa shape index (κ2) is 9.53. The third-order valence-electron chi connectivity index (χ3n) is 6.98. The maximum Gasteiger partial charge on any atom is 0.290 e. The Balaban J connectivity index is 1.53. The van der Waals surface area contributed by atoms with Gasteiger partial charge in [-0.3, -0.25) is 9.59 Å². The van der Waals surface area contributed by atoms with Gasteiger partial charge in [0, 0.05) is 18.0 Å². The van der Waals surface area contributed by atoms with E-state index in [1.54, 1.807) is 23.1 Å². The van der Waals surface area contributed by atoms with Crippen molar-refractivity contribution in [2.75, 3.05) is 39.4 Å². The zero-order valence-electron chi connectivity index (χ0n) is 19.6. The van der Waals surface area contributed by atoms with Crippen molar-refractivity contribution in [1.29, 1.82) is 0 Å². The number of nitrogens with zero attached hydrogens (tertiary/aromatic N) is 1. The molecule has 0 unspecified atom stereocenters. The summed E-state index contributed by atoms with van der Waals surface area (Å²) < 4.78 is 11.5. The highest BCUT2D eigenvalue weighted by atomic mass is 35.5. The molecule has 0 radical (unpaired) electrons. The summed E-state index contributed by atoms with van der Waals surface area (Å²) in [7, 11) is 0. The minimum atomic E-state index is -0.469. The van der Waals surface area contributed by atoms with Crippen LogP contribution in [0.3, 0.4) is 0 Å². The Morgan fingerprint density at radius 1 is 1.09 bits per heavy atom. The van der Waals surface area contributed by atoms with Gasteiger partial charge in [-0.05, 0) is 35.2 Å². The fourth-order valence-electron chi connectivity index (χ4n) is 5.04. The lowest BCUT2D eigenvalue weighted by atomic mass is 9.95. The summed E-state index contributed by atoms with van der Waals surface area (Å²) in [5.74, 6) is 0.325. The van der Waals surface area contributed by atoms with E-state index in [0.29, 0.717) is 34.0 Å². The standard InChI is InChI=1S/C27H29ClN2O4/c1-17(2)18-4-6-19(7-5-18)24-23-25(31)21-16-20(28)8-9-22(21)34-26(23)27(32)30(24)11-3-10-29-12-14-33-15-13-29/h4-9,16-17,24H,3,10-15H2,1-2H3/p+1/t24-/m1/s1. The van der Waals surface area contributed by atoms with E-state index in [4.69, 9.17) is 20.8 Å². The van der Waals surface area contributed by atoms with Gasteiger partial charge in [-0.2, -0.15) is 0 Å². The summed E-state index contributed by atoms with van der Waals surface area (Å²) in [4.78, 5) is 30.5. The van der Waals surface area contributed by atoms with Crippen LogP contribution in [0, 0.1) is 0 Å². The van der Waals surface area contributed by atoms with Crippen molar-refractivity contribution in [3.8, 4) is 0 Å². The Morgan fingerprint density at radius 3 is 2.53 bits per heavy atom. The minimum absolute atomic E-state index is 0.150. The zero-order chi connectivity index (χ0) is 23.8. The molecule has 6 nitrogen and oxygen atoms in total. The van der Waals surface area contributed by atoms with Crippen LogP contribution in [-0.2, 0) is 4.74 Å². The molecule has 7 heteroatoms. The number of carbonyl (C=O) groups is 1. The lowest BCUT2D eigenvalue weighted by Gasteiger charge is -2.27. The first-order valence-corrected chi connectivity index (χ1v) is 12.4. The van der Waals surface area contributed by atoms with Crippen LogP contribution in [0.1, 0.15) is 59.5 Å². The lowest BCUT2D eigenvalue weighted by molar-refractivity contribution is -0.908. The smallest absolute Gasteiger partial charge is 0.290 e. The van der Waals surface area contributed by atoms with Crippen LogP contribution < -0.4 is 10.3 Å². The number of halogens is 1. The van der Waals surface area contributed by atoms with E-state index in [1.807, 2.05) is 12.1 Å². The zero-order valence-corrected chi connectivity index (χ0v) is 20.4. The summed E-state index contributed by atoms with van der Waals surface area (Å²) in [5.41, 5.74) is 2.74. The van der Waals surface area contributed by atoms with Gasteiger partial charge in [0.2, 0.25) is 5.76 Å². The molecule has 1 atom stereocenters. The Bertz CT molecular complexity index is 1260. The van der Waals surface area contributed by atoms with Crippen LogP contribution in [0.4, 0.5) is 0 Å². The average molecular weight is 482 g/mol. The van der Waals surface area contributed by atoms with Crippen LogP contribution in [0.25, 0.3) is 11.0 Å². The number of amides is 1. The Hall–Kier alpha value is -2.67. The minimum Gasteiger partial charge on any atom is -0.450 e. The molecule has 3 aromatic rings. The van der Waals surface area contributed by atoms with Gasteiger partial charge in [0.1, 0.15) is 18.7 Å². The molecule has 178 valence electrons. The number of carbonyl (C=O) groups excluding carboxylic acids is 1. The summed E-state index contributed by atoms with van der Waals surface area (Å²) in [6, 6.07) is 12.7. The number of benzene rings is 2. The Morgan fingerprint density at radius 2 is 1.82 bits per heavy atom. The molecule has 3 heterocycles. The summed E-state index contributed by atoms with van der Waals surface area (Å²) in [6.45, 7) is 9.34. The van der Waals surface area contributed by atoms with E-state index >= 15 is 0 Å². The molecule has 0 spiro atoms. The monoisotopic (exact) mass is 481 g/mol. The molecular weight excluding hydrogens is 452 g/mol. The number of rotatable bonds is 6. The molecule has 2 aliphatic heterocycles. The first-order valence-electron chi connectivity index (χ1n) is 12.0. The van der Waals surface area contributed by atoms with Gasteiger partial charge in [-0.15, -0.1) is 0 Å². The first kappa shape index (κ1) is 23.1. The van der Waals surface area contributed by atoms with Gasteiger partial charge in [0.05, 0.1) is 36.8 Å². The van der Waals surface area contributed by atoms with Crippen LogP contribution in [0.5, 0.6) is 0 Å². The van der Waals surface area contributed by atoms with Gasteiger partial charge < -0.3 is 19.0 Å². The molecule has 0 bridgehead atoms. The predicted molar refractivity (Wildman–Crippen MR) is 132 cm³/mol. The molecule has 2 aromatic carbocycles. The van der Waals surface area contributed by atoms with Crippen molar-refractivity contribution in [2.45, 2.75) is 32.2 Å². The highest BCUT2D eigenvalue weighted by Crippen LogP contribution is 2.38. The summed E-state index contributed by atoms with van der Waals surface area (Å²) >= 11 is 6.17. The van der Waals surface area contributed by atoms with Crippen molar-refractivity contribution in [2.24, 2.45) is 0 Å². The Kier molecular flexibility index (Phi) is 6.47. The summed E-state index contributed by atoms with van der Waals surface area (Å²) in [5, 5.41) is 0.870. The van der Waals surface area contributed by atoms with E-state index < -0.39 is 6.04 Å². The average Bonchev–Trinajstić information content (AvgIpc) is 3.12. The number of morpholine rings is 1.